The average Bonchev–Trinajstić information content (AvgIpc) is 2.70. The Bertz CT molecular complexity index is 811. The lowest BCUT2D eigenvalue weighted by molar-refractivity contribution is 0.505. The first-order valence-electron chi connectivity index (χ1n) is 9.18. The maximum absolute atomic E-state index is 8.85. The Balaban J connectivity index is 1.96. The molecule has 26 heavy (non-hydrogen) atoms. The summed E-state index contributed by atoms with van der Waals surface area (Å²) in [5, 5.41) is 8.85. The number of benzene rings is 3. The Morgan fingerprint density at radius 3 is 1.81 bits per heavy atom. The summed E-state index contributed by atoms with van der Waals surface area (Å²) in [7, 11) is 0. The predicted octanol–water partition coefficient (Wildman–Crippen LogP) is 5.96. The molecule has 3 rings (SSSR count). The van der Waals surface area contributed by atoms with E-state index in [-0.39, 0.29) is 0 Å². The highest BCUT2D eigenvalue weighted by atomic mass is 15.2. The molecule has 0 radical (unpaired) electrons. The van der Waals surface area contributed by atoms with Crippen LogP contribution >= 0.6 is 0 Å². The SMILES string of the molecule is CC(C)C(CN(C(=N)c1ccccc1)c1ccccc1)c1ccccc1. The molecular weight excluding hydrogens is 316 g/mol. The van der Waals surface area contributed by atoms with Gasteiger partial charge in [0.15, 0.2) is 0 Å². The lowest BCUT2D eigenvalue weighted by Gasteiger charge is -2.32. The van der Waals surface area contributed by atoms with Crippen molar-refractivity contribution in [1.29, 1.82) is 5.41 Å². The lowest BCUT2D eigenvalue weighted by atomic mass is 9.87. The van der Waals surface area contributed by atoms with Crippen molar-refractivity contribution in [2.45, 2.75) is 19.8 Å². The number of nitrogens with one attached hydrogen (secondary N) is 1. The molecule has 2 nitrogen and oxygen atoms in total. The van der Waals surface area contributed by atoms with E-state index in [0.29, 0.717) is 17.7 Å². The van der Waals surface area contributed by atoms with Gasteiger partial charge >= 0.3 is 0 Å². The molecule has 0 bridgehead atoms. The minimum atomic E-state index is 0.348. The molecule has 3 aromatic carbocycles. The first kappa shape index (κ1) is 17.9. The number of anilines is 1. The summed E-state index contributed by atoms with van der Waals surface area (Å²) in [5.74, 6) is 1.37. The Morgan fingerprint density at radius 2 is 1.27 bits per heavy atom. The number of hydrogen-bond donors (Lipinski definition) is 1. The minimum Gasteiger partial charge on any atom is -0.326 e. The van der Waals surface area contributed by atoms with Crippen molar-refractivity contribution in [2.75, 3.05) is 11.4 Å². The lowest BCUT2D eigenvalue weighted by Crippen LogP contribution is -2.36. The van der Waals surface area contributed by atoms with E-state index in [1.807, 2.05) is 48.5 Å². The Morgan fingerprint density at radius 1 is 0.769 bits per heavy atom. The van der Waals surface area contributed by atoms with Gasteiger partial charge in [-0.3, -0.25) is 5.41 Å². The van der Waals surface area contributed by atoms with Gasteiger partial charge < -0.3 is 4.90 Å². The maximum Gasteiger partial charge on any atom is 0.132 e. The van der Waals surface area contributed by atoms with Crippen LogP contribution in [0.15, 0.2) is 91.0 Å². The highest BCUT2D eigenvalue weighted by Crippen LogP contribution is 2.28. The van der Waals surface area contributed by atoms with Crippen molar-refractivity contribution in [3.8, 4) is 0 Å². The third-order valence-electron chi connectivity index (χ3n) is 4.80. The van der Waals surface area contributed by atoms with Crippen LogP contribution in [0.4, 0.5) is 5.69 Å². The maximum atomic E-state index is 8.85. The number of para-hydroxylation sites is 1. The average molecular weight is 342 g/mol. The molecule has 0 heterocycles. The molecule has 132 valence electrons. The number of rotatable bonds is 6. The van der Waals surface area contributed by atoms with Gasteiger partial charge in [0.25, 0.3) is 0 Å². The molecule has 1 N–H and O–H groups in total. The number of amidine groups is 1. The molecule has 1 unspecified atom stereocenters. The van der Waals surface area contributed by atoms with E-state index in [1.165, 1.54) is 5.56 Å². The highest BCUT2D eigenvalue weighted by Gasteiger charge is 2.23. The van der Waals surface area contributed by atoms with Gasteiger partial charge in [0.05, 0.1) is 0 Å². The fraction of sp³-hybridized carbons (Fsp3) is 0.208. The van der Waals surface area contributed by atoms with Gasteiger partial charge in [0.2, 0.25) is 0 Å². The topological polar surface area (TPSA) is 27.1 Å². The van der Waals surface area contributed by atoms with Crippen LogP contribution in [0.2, 0.25) is 0 Å². The third-order valence-corrected chi connectivity index (χ3v) is 4.80. The molecule has 3 aromatic rings. The molecule has 0 saturated carbocycles. The van der Waals surface area contributed by atoms with Crippen LogP contribution in [-0.4, -0.2) is 12.4 Å². The predicted molar refractivity (Wildman–Crippen MR) is 111 cm³/mol. The molecule has 0 aliphatic heterocycles. The van der Waals surface area contributed by atoms with Gasteiger partial charge in [-0.05, 0) is 23.6 Å². The zero-order chi connectivity index (χ0) is 18.4. The molecule has 1 atom stereocenters. The third kappa shape index (κ3) is 4.20. The first-order chi connectivity index (χ1) is 12.7. The van der Waals surface area contributed by atoms with Crippen LogP contribution in [-0.2, 0) is 0 Å². The zero-order valence-corrected chi connectivity index (χ0v) is 15.5. The van der Waals surface area contributed by atoms with Gasteiger partial charge in [-0.2, -0.15) is 0 Å². The summed E-state index contributed by atoms with van der Waals surface area (Å²) in [6.07, 6.45) is 0. The fourth-order valence-electron chi connectivity index (χ4n) is 3.28. The van der Waals surface area contributed by atoms with Gasteiger partial charge in [-0.25, -0.2) is 0 Å². The molecule has 0 aliphatic rings. The van der Waals surface area contributed by atoms with E-state index < -0.39 is 0 Å². The minimum absolute atomic E-state index is 0.348. The molecule has 0 aliphatic carbocycles. The first-order valence-corrected chi connectivity index (χ1v) is 9.18. The van der Waals surface area contributed by atoms with Crippen LogP contribution in [0.3, 0.4) is 0 Å². The van der Waals surface area contributed by atoms with Crippen molar-refractivity contribution >= 4 is 11.5 Å². The van der Waals surface area contributed by atoms with Gasteiger partial charge in [-0.1, -0.05) is 92.7 Å². The summed E-state index contributed by atoms with van der Waals surface area (Å²) in [5.41, 5.74) is 3.32. The van der Waals surface area contributed by atoms with Crippen LogP contribution in [0, 0.1) is 11.3 Å². The van der Waals surface area contributed by atoms with E-state index in [0.717, 1.165) is 17.8 Å². The summed E-state index contributed by atoms with van der Waals surface area (Å²) >= 11 is 0. The van der Waals surface area contributed by atoms with Gasteiger partial charge in [0, 0.05) is 23.7 Å². The number of hydrogen-bond acceptors (Lipinski definition) is 1. The van der Waals surface area contributed by atoms with Crippen LogP contribution in [0.1, 0.15) is 30.9 Å². The standard InChI is InChI=1S/C24H26N2/c1-19(2)23(20-12-6-3-7-13-20)18-26(22-16-10-5-11-17-22)24(25)21-14-8-4-9-15-21/h3-17,19,23,25H,18H2,1-2H3. The quantitative estimate of drug-likeness (QED) is 0.434. The second kappa shape index (κ2) is 8.48. The monoisotopic (exact) mass is 342 g/mol. The normalized spacial score (nSPS) is 12.0. The van der Waals surface area contributed by atoms with E-state index in [4.69, 9.17) is 5.41 Å². The fourth-order valence-corrected chi connectivity index (χ4v) is 3.28. The summed E-state index contributed by atoms with van der Waals surface area (Å²) in [6.45, 7) is 5.29. The molecule has 2 heteroatoms. The molecular formula is C24H26N2. The van der Waals surface area contributed by atoms with Gasteiger partial charge in [0.1, 0.15) is 5.84 Å². The summed E-state index contributed by atoms with van der Waals surface area (Å²) in [6, 6.07) is 30.9. The highest BCUT2D eigenvalue weighted by molar-refractivity contribution is 6.07. The van der Waals surface area contributed by atoms with Crippen molar-refractivity contribution in [3.05, 3.63) is 102 Å². The van der Waals surface area contributed by atoms with Crippen molar-refractivity contribution in [1.82, 2.24) is 0 Å². The van der Waals surface area contributed by atoms with Crippen molar-refractivity contribution in [2.24, 2.45) is 5.92 Å². The van der Waals surface area contributed by atoms with Gasteiger partial charge in [-0.15, -0.1) is 0 Å². The second-order valence-electron chi connectivity index (χ2n) is 6.92. The smallest absolute Gasteiger partial charge is 0.132 e. The molecule has 0 fully saturated rings. The van der Waals surface area contributed by atoms with E-state index >= 15 is 0 Å². The van der Waals surface area contributed by atoms with Crippen molar-refractivity contribution in [3.63, 3.8) is 0 Å². The zero-order valence-electron chi connectivity index (χ0n) is 15.5. The van der Waals surface area contributed by atoms with Crippen molar-refractivity contribution < 1.29 is 0 Å². The van der Waals surface area contributed by atoms with E-state index in [2.05, 4.69) is 61.2 Å². The van der Waals surface area contributed by atoms with Crippen LogP contribution in [0.5, 0.6) is 0 Å². The van der Waals surface area contributed by atoms with E-state index in [1.54, 1.807) is 0 Å². The summed E-state index contributed by atoms with van der Waals surface area (Å²) in [4.78, 5) is 2.13. The molecule has 0 saturated heterocycles. The molecule has 0 amide bonds. The summed E-state index contributed by atoms with van der Waals surface area (Å²) < 4.78 is 0. The van der Waals surface area contributed by atoms with Crippen LogP contribution < -0.4 is 4.90 Å². The van der Waals surface area contributed by atoms with E-state index in [9.17, 15) is 0 Å². The van der Waals surface area contributed by atoms with Crippen LogP contribution in [0.25, 0.3) is 0 Å². The Labute approximate surface area is 156 Å². The molecule has 0 spiro atoms. The molecule has 0 aromatic heterocycles. The number of nitrogens with zero attached hydrogens (tertiary/aromatic N) is 1. The second-order valence-corrected chi connectivity index (χ2v) is 6.92. The Hall–Kier alpha value is -2.87. The largest absolute Gasteiger partial charge is 0.326 e. The Kier molecular flexibility index (Phi) is 5.85.